The van der Waals surface area contributed by atoms with Crippen molar-refractivity contribution in [3.8, 4) is 0 Å². The van der Waals surface area contributed by atoms with Crippen LogP contribution in [0, 0.1) is 10.1 Å². The van der Waals surface area contributed by atoms with E-state index < -0.39 is 16.6 Å². The zero-order chi connectivity index (χ0) is 16.3. The van der Waals surface area contributed by atoms with Gasteiger partial charge >= 0.3 is 6.09 Å². The minimum atomic E-state index is -0.581. The number of carbonyl (C=O) groups is 1. The van der Waals surface area contributed by atoms with Gasteiger partial charge in [-0.15, -0.1) is 0 Å². The Morgan fingerprint density at radius 3 is 2.73 bits per heavy atom. The van der Waals surface area contributed by atoms with Crippen LogP contribution in [0.3, 0.4) is 0 Å². The number of allylic oxidation sites excluding steroid dienone is 1. The average molecular weight is 304 g/mol. The summed E-state index contributed by atoms with van der Waals surface area (Å²) in [6.07, 6.45) is 3.17. The predicted molar refractivity (Wildman–Crippen MR) is 83.2 cm³/mol. The molecular weight excluding hydrogens is 284 g/mol. The molecule has 1 aliphatic heterocycles. The first-order chi connectivity index (χ1) is 10.3. The third kappa shape index (κ3) is 3.84. The van der Waals surface area contributed by atoms with E-state index in [9.17, 15) is 14.9 Å². The number of hydrogen-bond donors (Lipinski definition) is 0. The highest BCUT2D eigenvalue weighted by atomic mass is 16.6. The molecule has 0 fully saturated rings. The lowest BCUT2D eigenvalue weighted by Gasteiger charge is -2.31. The van der Waals surface area contributed by atoms with Gasteiger partial charge in [0.05, 0.1) is 10.6 Å². The zero-order valence-electron chi connectivity index (χ0n) is 13.0. The number of nitro benzene ring substituents is 1. The summed E-state index contributed by atoms with van der Waals surface area (Å²) in [5, 5.41) is 10.9. The van der Waals surface area contributed by atoms with Crippen LogP contribution in [0.15, 0.2) is 30.3 Å². The van der Waals surface area contributed by atoms with E-state index in [1.807, 2.05) is 26.8 Å². The maximum absolute atomic E-state index is 12.3. The van der Waals surface area contributed by atoms with Crippen molar-refractivity contribution in [3.63, 3.8) is 0 Å². The molecule has 0 radical (unpaired) electrons. The quantitative estimate of drug-likeness (QED) is 0.612. The van der Waals surface area contributed by atoms with E-state index in [1.54, 1.807) is 17.0 Å². The molecule has 1 aliphatic rings. The lowest BCUT2D eigenvalue weighted by Crippen LogP contribution is -2.37. The molecule has 0 unspecified atom stereocenters. The van der Waals surface area contributed by atoms with Crippen molar-refractivity contribution in [1.82, 2.24) is 4.90 Å². The van der Waals surface area contributed by atoms with Crippen LogP contribution in [0.25, 0.3) is 5.70 Å². The van der Waals surface area contributed by atoms with E-state index in [2.05, 4.69) is 0 Å². The van der Waals surface area contributed by atoms with Crippen molar-refractivity contribution in [3.05, 3.63) is 46.0 Å². The molecule has 1 aromatic rings. The highest BCUT2D eigenvalue weighted by Crippen LogP contribution is 2.28. The van der Waals surface area contributed by atoms with Gasteiger partial charge < -0.3 is 4.74 Å². The van der Waals surface area contributed by atoms with Gasteiger partial charge in [-0.1, -0.05) is 18.2 Å². The van der Waals surface area contributed by atoms with Crippen molar-refractivity contribution in [1.29, 1.82) is 0 Å². The van der Waals surface area contributed by atoms with Gasteiger partial charge in [0.15, 0.2) is 0 Å². The SMILES string of the molecule is CC(C)(C)OC(=O)N1CCCC=C1c1cccc([N+](=O)[O-])c1. The van der Waals surface area contributed by atoms with E-state index in [4.69, 9.17) is 4.74 Å². The molecule has 0 aromatic heterocycles. The fraction of sp³-hybridized carbons (Fsp3) is 0.438. The Balaban J connectivity index is 2.31. The Hall–Kier alpha value is -2.37. The smallest absolute Gasteiger partial charge is 0.414 e. The summed E-state index contributed by atoms with van der Waals surface area (Å²) >= 11 is 0. The van der Waals surface area contributed by atoms with Crippen LogP contribution in [-0.2, 0) is 4.74 Å². The summed E-state index contributed by atoms with van der Waals surface area (Å²) in [7, 11) is 0. The van der Waals surface area contributed by atoms with E-state index >= 15 is 0 Å². The van der Waals surface area contributed by atoms with E-state index in [0.717, 1.165) is 12.8 Å². The van der Waals surface area contributed by atoms with Crippen molar-refractivity contribution in [2.24, 2.45) is 0 Å². The molecule has 0 N–H and O–H groups in total. The topological polar surface area (TPSA) is 72.7 Å². The first kappa shape index (κ1) is 16.0. The van der Waals surface area contributed by atoms with E-state index in [0.29, 0.717) is 17.8 Å². The molecule has 22 heavy (non-hydrogen) atoms. The van der Waals surface area contributed by atoms with Gasteiger partial charge in [-0.05, 0) is 33.6 Å². The molecule has 1 heterocycles. The first-order valence-electron chi connectivity index (χ1n) is 7.23. The largest absolute Gasteiger partial charge is 0.443 e. The number of nitrogens with zero attached hydrogens (tertiary/aromatic N) is 2. The molecule has 6 heteroatoms. The van der Waals surface area contributed by atoms with E-state index in [1.165, 1.54) is 12.1 Å². The molecule has 0 spiro atoms. The summed E-state index contributed by atoms with van der Waals surface area (Å²) < 4.78 is 5.42. The summed E-state index contributed by atoms with van der Waals surface area (Å²) in [6, 6.07) is 6.30. The maximum Gasteiger partial charge on any atom is 0.414 e. The van der Waals surface area contributed by atoms with Crippen LogP contribution in [0.4, 0.5) is 10.5 Å². The summed E-state index contributed by atoms with van der Waals surface area (Å²) in [5.74, 6) is 0. The molecule has 0 bridgehead atoms. The molecule has 0 saturated carbocycles. The van der Waals surface area contributed by atoms with Crippen molar-refractivity contribution in [2.45, 2.75) is 39.2 Å². The van der Waals surface area contributed by atoms with E-state index in [-0.39, 0.29) is 5.69 Å². The Bertz CT molecular complexity index is 617. The lowest BCUT2D eigenvalue weighted by atomic mass is 10.0. The molecule has 118 valence electrons. The van der Waals surface area contributed by atoms with Gasteiger partial charge in [0.25, 0.3) is 5.69 Å². The molecule has 6 nitrogen and oxygen atoms in total. The van der Waals surface area contributed by atoms with Gasteiger partial charge in [-0.25, -0.2) is 4.79 Å². The number of benzene rings is 1. The number of nitro groups is 1. The number of amides is 1. The van der Waals surface area contributed by atoms with Gasteiger partial charge in [-0.2, -0.15) is 0 Å². The molecule has 1 amide bonds. The number of ether oxygens (including phenoxy) is 1. The lowest BCUT2D eigenvalue weighted by molar-refractivity contribution is -0.384. The van der Waals surface area contributed by atoms with Gasteiger partial charge in [0.2, 0.25) is 0 Å². The number of carbonyl (C=O) groups excluding carboxylic acids is 1. The number of rotatable bonds is 2. The summed E-state index contributed by atoms with van der Waals surface area (Å²) in [5.41, 5.74) is 0.750. The van der Waals surface area contributed by atoms with Crippen LogP contribution in [0.2, 0.25) is 0 Å². The normalized spacial score (nSPS) is 15.2. The molecule has 0 saturated heterocycles. The fourth-order valence-corrected chi connectivity index (χ4v) is 2.28. The number of hydrogen-bond acceptors (Lipinski definition) is 4. The Morgan fingerprint density at radius 1 is 1.36 bits per heavy atom. The van der Waals surface area contributed by atoms with Crippen LogP contribution >= 0.6 is 0 Å². The van der Waals surface area contributed by atoms with Gasteiger partial charge in [0, 0.05) is 24.2 Å². The third-order valence-corrected chi connectivity index (χ3v) is 3.18. The predicted octanol–water partition coefficient (Wildman–Crippen LogP) is 3.97. The minimum absolute atomic E-state index is 0.00751. The highest BCUT2D eigenvalue weighted by Gasteiger charge is 2.27. The van der Waals surface area contributed by atoms with Crippen molar-refractivity contribution < 1.29 is 14.5 Å². The molecule has 0 atom stereocenters. The second-order valence-corrected chi connectivity index (χ2v) is 6.17. The fourth-order valence-electron chi connectivity index (χ4n) is 2.28. The molecular formula is C16H20N2O4. The highest BCUT2D eigenvalue weighted by molar-refractivity contribution is 5.83. The number of non-ortho nitro benzene ring substituents is 1. The van der Waals surface area contributed by atoms with Gasteiger partial charge in [-0.3, -0.25) is 15.0 Å². The minimum Gasteiger partial charge on any atom is -0.443 e. The Morgan fingerprint density at radius 2 is 2.09 bits per heavy atom. The van der Waals surface area contributed by atoms with Crippen LogP contribution in [0.1, 0.15) is 39.2 Å². The second kappa shape index (κ2) is 6.17. The van der Waals surface area contributed by atoms with Gasteiger partial charge in [0.1, 0.15) is 5.60 Å². The summed E-state index contributed by atoms with van der Waals surface area (Å²) in [6.45, 7) is 5.98. The van der Waals surface area contributed by atoms with Crippen LogP contribution in [-0.4, -0.2) is 28.1 Å². The monoisotopic (exact) mass is 304 g/mol. The second-order valence-electron chi connectivity index (χ2n) is 6.17. The Kier molecular flexibility index (Phi) is 4.49. The zero-order valence-corrected chi connectivity index (χ0v) is 13.0. The average Bonchev–Trinajstić information content (AvgIpc) is 2.45. The van der Waals surface area contributed by atoms with Crippen molar-refractivity contribution >= 4 is 17.5 Å². The maximum atomic E-state index is 12.3. The first-order valence-corrected chi connectivity index (χ1v) is 7.23. The molecule has 2 rings (SSSR count). The molecule has 1 aromatic carbocycles. The molecule has 0 aliphatic carbocycles. The standard InChI is InChI=1S/C16H20N2O4/c1-16(2,3)22-15(19)17-10-5-4-9-14(17)12-7-6-8-13(11-12)18(20)21/h6-9,11H,4-5,10H2,1-3H3. The van der Waals surface area contributed by atoms with Crippen molar-refractivity contribution in [2.75, 3.05) is 6.54 Å². The van der Waals surface area contributed by atoms with Crippen LogP contribution < -0.4 is 0 Å². The Labute approximate surface area is 129 Å². The van der Waals surface area contributed by atoms with Crippen LogP contribution in [0.5, 0.6) is 0 Å². The summed E-state index contributed by atoms with van der Waals surface area (Å²) in [4.78, 5) is 24.4. The third-order valence-electron chi connectivity index (χ3n) is 3.18.